The number of allylic oxidation sites excluding steroid dienone is 1. The van der Waals surface area contributed by atoms with Gasteiger partial charge in [0.25, 0.3) is 0 Å². The quantitative estimate of drug-likeness (QED) is 0.336. The summed E-state index contributed by atoms with van der Waals surface area (Å²) in [6.07, 6.45) is 14.8. The monoisotopic (exact) mass is 339 g/mol. The van der Waals surface area contributed by atoms with Gasteiger partial charge in [0.1, 0.15) is 0 Å². The molecule has 0 spiro atoms. The zero-order valence-corrected chi connectivity index (χ0v) is 15.9. The number of carboxylic acids is 1. The fourth-order valence-corrected chi connectivity index (χ4v) is 2.85. The lowest BCUT2D eigenvalue weighted by atomic mass is 10.0. The molecule has 0 fully saturated rings. The number of rotatable bonds is 15. The summed E-state index contributed by atoms with van der Waals surface area (Å²) in [5, 5.41) is 9.02. The first kappa shape index (κ1) is 22.7. The van der Waals surface area contributed by atoms with Gasteiger partial charge in [-0.3, -0.25) is 9.59 Å². The van der Waals surface area contributed by atoms with Crippen molar-refractivity contribution in [3.63, 3.8) is 0 Å². The topological polar surface area (TPSA) is 57.6 Å². The summed E-state index contributed by atoms with van der Waals surface area (Å²) in [4.78, 5) is 25.0. The largest absolute Gasteiger partial charge is 0.481 e. The molecule has 1 unspecified atom stereocenters. The Balaban J connectivity index is 4.09. The van der Waals surface area contributed by atoms with Crippen molar-refractivity contribution in [1.82, 2.24) is 4.90 Å². The van der Waals surface area contributed by atoms with Crippen molar-refractivity contribution < 1.29 is 14.7 Å². The molecule has 4 nitrogen and oxygen atoms in total. The maximum atomic E-state index is 12.3. The van der Waals surface area contributed by atoms with Gasteiger partial charge in [-0.25, -0.2) is 0 Å². The van der Waals surface area contributed by atoms with Gasteiger partial charge in [0.2, 0.25) is 5.91 Å². The highest BCUT2D eigenvalue weighted by Crippen LogP contribution is 2.13. The molecular formula is C20H37NO3. The van der Waals surface area contributed by atoms with Crippen LogP contribution in [0.15, 0.2) is 12.2 Å². The van der Waals surface area contributed by atoms with Crippen LogP contribution in [0.4, 0.5) is 0 Å². The van der Waals surface area contributed by atoms with Crippen LogP contribution in [-0.2, 0) is 9.59 Å². The number of hydrogen-bond acceptors (Lipinski definition) is 2. The van der Waals surface area contributed by atoms with E-state index in [9.17, 15) is 9.59 Å². The minimum Gasteiger partial charge on any atom is -0.481 e. The second-order valence-corrected chi connectivity index (χ2v) is 6.41. The third-order valence-corrected chi connectivity index (χ3v) is 4.38. The summed E-state index contributed by atoms with van der Waals surface area (Å²) in [6.45, 7) is 7.32. The molecule has 0 saturated heterocycles. The molecule has 140 valence electrons. The number of amides is 1. The summed E-state index contributed by atoms with van der Waals surface area (Å²) in [5.74, 6) is -1.52. The van der Waals surface area contributed by atoms with E-state index in [-0.39, 0.29) is 12.3 Å². The lowest BCUT2D eigenvalue weighted by Crippen LogP contribution is -2.36. The molecule has 0 aromatic rings. The van der Waals surface area contributed by atoms with Crippen LogP contribution in [0.3, 0.4) is 0 Å². The molecule has 1 atom stereocenters. The molecule has 4 heteroatoms. The minimum absolute atomic E-state index is 0.0745. The number of unbranched alkanes of at least 4 members (excludes halogenated alkanes) is 8. The van der Waals surface area contributed by atoms with Gasteiger partial charge in [-0.15, -0.1) is 0 Å². The van der Waals surface area contributed by atoms with E-state index in [1.54, 1.807) is 11.0 Å². The number of hydrogen-bond donors (Lipinski definition) is 1. The number of carbonyl (C=O) groups is 2. The number of carbonyl (C=O) groups excluding carboxylic acids is 1. The lowest BCUT2D eigenvalue weighted by Gasteiger charge is -2.22. The van der Waals surface area contributed by atoms with Crippen LogP contribution in [0.2, 0.25) is 0 Å². The molecule has 0 aliphatic heterocycles. The molecule has 1 amide bonds. The van der Waals surface area contributed by atoms with Crippen LogP contribution in [0, 0.1) is 5.92 Å². The summed E-state index contributed by atoms with van der Waals surface area (Å²) >= 11 is 0. The van der Waals surface area contributed by atoms with E-state index in [1.807, 2.05) is 19.9 Å². The second-order valence-electron chi connectivity index (χ2n) is 6.41. The molecule has 0 aliphatic rings. The van der Waals surface area contributed by atoms with Crippen molar-refractivity contribution in [3.05, 3.63) is 12.2 Å². The predicted molar refractivity (Wildman–Crippen MR) is 100 cm³/mol. The number of carboxylic acid groups (broad SMARTS) is 1. The Morgan fingerprint density at radius 2 is 1.46 bits per heavy atom. The Kier molecular flexibility index (Phi) is 14.4. The Morgan fingerprint density at radius 1 is 0.917 bits per heavy atom. The summed E-state index contributed by atoms with van der Waals surface area (Å²) in [7, 11) is 0. The Hall–Kier alpha value is -1.32. The highest BCUT2D eigenvalue weighted by atomic mass is 16.4. The van der Waals surface area contributed by atoms with Crippen LogP contribution >= 0.6 is 0 Å². The van der Waals surface area contributed by atoms with E-state index in [4.69, 9.17) is 5.11 Å². The van der Waals surface area contributed by atoms with Gasteiger partial charge in [0, 0.05) is 13.1 Å². The van der Waals surface area contributed by atoms with E-state index in [0.717, 1.165) is 12.8 Å². The lowest BCUT2D eigenvalue weighted by molar-refractivity contribution is -0.143. The zero-order valence-electron chi connectivity index (χ0n) is 15.9. The standard InChI is InChI=1S/C20H37NO3/c1-4-7-8-9-10-11-12-13-14-15-16-18(17-19(22)23)20(24)21(5-2)6-3/h15-16,18H,4-14,17H2,1-3H3,(H,22,23)/b16-15+. The van der Waals surface area contributed by atoms with E-state index in [0.29, 0.717) is 13.1 Å². The van der Waals surface area contributed by atoms with Gasteiger partial charge >= 0.3 is 5.97 Å². The highest BCUT2D eigenvalue weighted by Gasteiger charge is 2.22. The van der Waals surface area contributed by atoms with E-state index < -0.39 is 11.9 Å². The van der Waals surface area contributed by atoms with Crippen LogP contribution < -0.4 is 0 Å². The smallest absolute Gasteiger partial charge is 0.304 e. The first-order valence-electron chi connectivity index (χ1n) is 9.73. The molecule has 0 aromatic carbocycles. The molecule has 1 N–H and O–H groups in total. The third-order valence-electron chi connectivity index (χ3n) is 4.38. The van der Waals surface area contributed by atoms with Crippen LogP contribution in [0.1, 0.15) is 85.0 Å². The number of aliphatic carboxylic acids is 1. The van der Waals surface area contributed by atoms with E-state index >= 15 is 0 Å². The van der Waals surface area contributed by atoms with Crippen molar-refractivity contribution in [2.24, 2.45) is 5.92 Å². The number of nitrogens with zero attached hydrogens (tertiary/aromatic N) is 1. The Bertz CT molecular complexity index is 362. The molecule has 0 bridgehead atoms. The molecule has 0 rings (SSSR count). The normalized spacial score (nSPS) is 12.5. The van der Waals surface area contributed by atoms with Gasteiger partial charge in [0.05, 0.1) is 12.3 Å². The zero-order chi connectivity index (χ0) is 18.2. The molecule has 0 heterocycles. The average Bonchev–Trinajstić information content (AvgIpc) is 2.56. The SMILES string of the molecule is CCCCCCCCCC/C=C/C(CC(=O)O)C(=O)N(CC)CC. The Labute approximate surface area is 148 Å². The third kappa shape index (κ3) is 11.3. The Morgan fingerprint density at radius 3 is 1.96 bits per heavy atom. The molecule has 0 aromatic heterocycles. The highest BCUT2D eigenvalue weighted by molar-refractivity contribution is 5.84. The molecule has 0 aliphatic carbocycles. The van der Waals surface area contributed by atoms with Gasteiger partial charge in [-0.2, -0.15) is 0 Å². The molecule has 24 heavy (non-hydrogen) atoms. The summed E-state index contributed by atoms with van der Waals surface area (Å²) in [5.41, 5.74) is 0. The van der Waals surface area contributed by atoms with Crippen LogP contribution in [0.25, 0.3) is 0 Å². The first-order chi connectivity index (χ1) is 11.6. The van der Waals surface area contributed by atoms with Crippen molar-refractivity contribution in [1.29, 1.82) is 0 Å². The molecular weight excluding hydrogens is 302 g/mol. The van der Waals surface area contributed by atoms with Gasteiger partial charge < -0.3 is 10.0 Å². The average molecular weight is 340 g/mol. The van der Waals surface area contributed by atoms with Crippen molar-refractivity contribution in [2.75, 3.05) is 13.1 Å². The van der Waals surface area contributed by atoms with Gasteiger partial charge in [-0.1, -0.05) is 64.0 Å². The van der Waals surface area contributed by atoms with Gasteiger partial charge in [0.15, 0.2) is 0 Å². The second kappa shape index (κ2) is 15.2. The van der Waals surface area contributed by atoms with Crippen molar-refractivity contribution in [2.45, 2.75) is 85.0 Å². The molecule has 0 radical (unpaired) electrons. The van der Waals surface area contributed by atoms with Crippen molar-refractivity contribution >= 4 is 11.9 Å². The summed E-state index contributed by atoms with van der Waals surface area (Å²) in [6, 6.07) is 0. The molecule has 0 saturated carbocycles. The maximum absolute atomic E-state index is 12.3. The first-order valence-corrected chi connectivity index (χ1v) is 9.73. The van der Waals surface area contributed by atoms with Crippen molar-refractivity contribution in [3.8, 4) is 0 Å². The van der Waals surface area contributed by atoms with Gasteiger partial charge in [-0.05, 0) is 26.7 Å². The minimum atomic E-state index is -0.919. The van der Waals surface area contributed by atoms with E-state index in [2.05, 4.69) is 6.92 Å². The van der Waals surface area contributed by atoms with Crippen LogP contribution in [0.5, 0.6) is 0 Å². The van der Waals surface area contributed by atoms with E-state index in [1.165, 1.54) is 44.9 Å². The van der Waals surface area contributed by atoms with Crippen LogP contribution in [-0.4, -0.2) is 35.0 Å². The fourth-order valence-electron chi connectivity index (χ4n) is 2.85. The summed E-state index contributed by atoms with van der Waals surface area (Å²) < 4.78 is 0. The predicted octanol–water partition coefficient (Wildman–Crippen LogP) is 5.03. The fraction of sp³-hybridized carbons (Fsp3) is 0.800. The maximum Gasteiger partial charge on any atom is 0.304 e.